The summed E-state index contributed by atoms with van der Waals surface area (Å²) in [5.74, 6) is -4.49. The van der Waals surface area contributed by atoms with Crippen molar-refractivity contribution in [3.05, 3.63) is 240 Å². The van der Waals surface area contributed by atoms with Gasteiger partial charge in [-0.15, -0.1) is 0 Å². The number of nitrogen functional groups attached to an aromatic ring is 2. The van der Waals surface area contributed by atoms with Crippen molar-refractivity contribution in [1.29, 1.82) is 0 Å². The largest absolute Gasteiger partial charge is 0.498 e. The summed E-state index contributed by atoms with van der Waals surface area (Å²) in [4.78, 5) is 92.7. The maximum Gasteiger partial charge on any atom is 0.498 e. The van der Waals surface area contributed by atoms with Crippen molar-refractivity contribution < 1.29 is 88.0 Å². The second kappa shape index (κ2) is 35.3. The van der Waals surface area contributed by atoms with Gasteiger partial charge >= 0.3 is 7.12 Å². The maximum atomic E-state index is 14.3. The van der Waals surface area contributed by atoms with Gasteiger partial charge in [0.05, 0.1) is 32.4 Å². The summed E-state index contributed by atoms with van der Waals surface area (Å²) in [6.45, 7) is 13.9. The van der Waals surface area contributed by atoms with Crippen LogP contribution < -0.4 is 67.3 Å². The molecule has 0 spiro atoms. The van der Waals surface area contributed by atoms with Crippen LogP contribution in [0.15, 0.2) is 172 Å². The van der Waals surface area contributed by atoms with Crippen molar-refractivity contribution in [2.45, 2.75) is 73.0 Å². The van der Waals surface area contributed by atoms with Gasteiger partial charge in [-0.25, -0.2) is 26.3 Å². The lowest BCUT2D eigenvalue weighted by molar-refractivity contribution is -0.122. The number of allylic oxidation sites excluding steroid dienone is 1. The number of aryl methyl sites for hydroxylation is 3. The van der Waals surface area contributed by atoms with Gasteiger partial charge in [0.15, 0.2) is 52.0 Å². The van der Waals surface area contributed by atoms with E-state index in [9.17, 15) is 64.7 Å². The number of amides is 1. The first-order valence-electron chi connectivity index (χ1n) is 31.8. The molecule has 4 aliphatic heterocycles. The second-order valence-electron chi connectivity index (χ2n) is 24.8. The Hall–Kier alpha value is -11.5. The molecule has 22 nitrogen and oxygen atoms in total. The van der Waals surface area contributed by atoms with Crippen LogP contribution in [0.5, 0.6) is 51.7 Å². The molecular weight excluding hydrogens is 1510 g/mol. The number of nitrogens with two attached hydrogens (primary N) is 2. The number of aromatic nitrogens is 3. The van der Waals surface area contributed by atoms with E-state index in [0.29, 0.717) is 72.4 Å². The van der Waals surface area contributed by atoms with E-state index < -0.39 is 64.4 Å². The first-order valence-corrected chi connectivity index (χ1v) is 32.9. The highest BCUT2D eigenvalue weighted by atomic mass is 79.9. The van der Waals surface area contributed by atoms with Crippen LogP contribution in [0.1, 0.15) is 59.2 Å². The van der Waals surface area contributed by atoms with Crippen molar-refractivity contribution in [2.24, 2.45) is 21.1 Å². The molecule has 0 atom stereocenters. The normalized spacial score (nSPS) is 13.8. The molecule has 13 rings (SSSR count). The number of fused-ring (bicyclic) bond motifs is 3. The molecule has 3 aromatic heterocycles. The highest BCUT2D eigenvalue weighted by Crippen LogP contribution is 2.45. The number of Topliss-reactive ketones (excluding diaryl/α,β-unsaturated/α-hetero) is 3. The number of carbonyl (C=O) groups excluding carboxylic acids is 5. The number of ketones is 3. The van der Waals surface area contributed by atoms with Gasteiger partial charge in [-0.1, -0.05) is 28.0 Å². The van der Waals surface area contributed by atoms with Crippen molar-refractivity contribution in [3.8, 4) is 74.0 Å². The molecule has 4 aliphatic rings. The summed E-state index contributed by atoms with van der Waals surface area (Å²) in [6.07, 6.45) is 6.85. The van der Waals surface area contributed by atoms with E-state index in [0.717, 1.165) is 48.6 Å². The van der Waals surface area contributed by atoms with E-state index in [2.05, 4.69) is 34.4 Å². The Morgan fingerprint density at radius 1 is 0.509 bits per heavy atom. The Morgan fingerprint density at radius 3 is 1.27 bits per heavy atom. The zero-order valence-electron chi connectivity index (χ0n) is 57.6. The van der Waals surface area contributed by atoms with Crippen molar-refractivity contribution in [1.82, 2.24) is 13.7 Å². The van der Waals surface area contributed by atoms with Crippen LogP contribution in [0.4, 0.5) is 43.4 Å². The fourth-order valence-electron chi connectivity index (χ4n) is 10.6. The number of rotatable bonds is 12. The summed E-state index contributed by atoms with van der Waals surface area (Å²) in [5, 5.41) is 2.12. The van der Waals surface area contributed by atoms with E-state index in [4.69, 9.17) is 60.8 Å². The quantitative estimate of drug-likeness (QED) is 0.0337. The van der Waals surface area contributed by atoms with Crippen LogP contribution in [0.2, 0.25) is 0 Å². The van der Waals surface area contributed by atoms with Gasteiger partial charge in [0.25, 0.3) is 16.7 Å². The Balaban J connectivity index is 0.000000201. The van der Waals surface area contributed by atoms with Gasteiger partial charge in [0.2, 0.25) is 11.1 Å². The predicted molar refractivity (Wildman–Crippen MR) is 400 cm³/mol. The molecule has 9 aromatic rings. The van der Waals surface area contributed by atoms with Crippen LogP contribution in [0.25, 0.3) is 22.3 Å². The molecule has 1 fully saturated rings. The molecule has 0 aliphatic carbocycles. The van der Waals surface area contributed by atoms with Crippen LogP contribution >= 0.6 is 27.5 Å². The number of anilines is 3. The Labute approximate surface area is 629 Å². The third kappa shape index (κ3) is 19.8. The zero-order chi connectivity index (χ0) is 77.4. The number of carbonyl (C=O) groups is 5. The van der Waals surface area contributed by atoms with E-state index in [-0.39, 0.29) is 139 Å². The number of ether oxygens (including phenoxy) is 6. The van der Waals surface area contributed by atoms with Crippen molar-refractivity contribution in [2.75, 3.05) is 36.6 Å². The molecule has 0 radical (unpaired) electrons. The summed E-state index contributed by atoms with van der Waals surface area (Å²) in [6, 6.07) is 23.2. The van der Waals surface area contributed by atoms with E-state index in [1.54, 1.807) is 69.0 Å². The third-order valence-electron chi connectivity index (χ3n) is 16.5. The second-order valence-corrected chi connectivity index (χ2v) is 26.1. The minimum absolute atomic E-state index is 0. The number of hydrogen-bond donors (Lipinski definition) is 3. The smallest absolute Gasteiger partial charge is 0.485 e. The van der Waals surface area contributed by atoms with Gasteiger partial charge in [-0.2, -0.15) is 0 Å². The molecule has 0 saturated carbocycles. The number of nitrogens with one attached hydrogen (secondary N) is 1. The lowest BCUT2D eigenvalue weighted by Crippen LogP contribution is -2.41. The molecule has 5 N–H and O–H groups in total. The average molecular weight is 1580 g/mol. The first kappa shape index (κ1) is 83.8. The number of hydrogen-bond acceptors (Lipinski definition) is 18. The SMILES string of the molecule is C.C.C=CC(=O)Cl.C=CC(=O)Nc1ccc(Oc2ccc(F)cc2F)c(-c2cn(C)c(=O)c3c2OCC(=O)C3)c1.CC1(C)OB(c2cc(N)ccc2Oc2ccc(F)cc2F)OC1(C)C.Cn1cc(-c2cc(N)ccc2Oc2ccc(F)cc2F)c2c(c1=O)CC(=O)CO2.Cn1cc(Br)c2c(c1=O)CC(=O)CO2. The number of nitrogens with zero attached hydrogens (tertiary/aromatic N) is 3. The van der Waals surface area contributed by atoms with E-state index >= 15 is 0 Å². The first-order chi connectivity index (χ1) is 50.0. The molecule has 6 aromatic carbocycles. The minimum Gasteiger partial charge on any atom is -0.485 e. The standard InChI is InChI=1S/C24H18F2N2O5.C21H16F2N2O4.C18H20BF2NO3.C9H8BrNO3.C3H3ClO.2CH4/c1-3-22(30)27-14-5-7-20(33-21-6-4-13(25)8-19(21)26)16(9-14)18-11-28(2)24(31)17-10-15(29)12-32-23(17)18;1-25-9-16(20-15(21(25)27)8-13(26)10-28-20)14-7-12(24)3-5-18(14)29-19-4-2-11(22)6-17(19)23;1-17(2)18(3,4)25-19(24-17)13-10-12(22)6-8-15(13)23-16-7-5-11(20)9-14(16)21;1-11-3-7(10)8-6(9(11)13)2-5(12)4-14-8;1-2-3(4)5;;/h3-9,11H,1,10,12H2,2H3,(H,27,30);2-7,9H,8,10,24H2,1H3;5-10H,22H2,1-4H3;3H,2,4H2,1H3;2H,1H2;2*1H4. The van der Waals surface area contributed by atoms with Crippen molar-refractivity contribution >= 4 is 85.7 Å². The average Bonchev–Trinajstić information content (AvgIpc) is 1.28. The molecule has 566 valence electrons. The molecule has 0 bridgehead atoms. The molecule has 7 heterocycles. The van der Waals surface area contributed by atoms with Crippen LogP contribution in [-0.2, 0) is 73.7 Å². The molecule has 31 heteroatoms. The number of benzene rings is 6. The summed E-state index contributed by atoms with van der Waals surface area (Å²) >= 11 is 8.00. The van der Waals surface area contributed by atoms with Crippen molar-refractivity contribution in [3.63, 3.8) is 0 Å². The molecule has 108 heavy (non-hydrogen) atoms. The Bertz CT molecular complexity index is 5210. The lowest BCUT2D eigenvalue weighted by atomic mass is 9.78. The van der Waals surface area contributed by atoms with Gasteiger partial charge in [0.1, 0.15) is 71.8 Å². The highest BCUT2D eigenvalue weighted by Gasteiger charge is 2.52. The molecule has 1 saturated heterocycles. The highest BCUT2D eigenvalue weighted by molar-refractivity contribution is 9.10. The topological polar surface area (TPSA) is 289 Å². The van der Waals surface area contributed by atoms with E-state index in [1.807, 2.05) is 27.7 Å². The summed E-state index contributed by atoms with van der Waals surface area (Å²) in [7, 11) is 4.01. The fourth-order valence-corrected chi connectivity index (χ4v) is 11.3. The van der Waals surface area contributed by atoms with Crippen LogP contribution in [0, 0.1) is 34.9 Å². The zero-order valence-corrected chi connectivity index (χ0v) is 59.9. The van der Waals surface area contributed by atoms with Gasteiger partial charge < -0.3 is 68.2 Å². The minimum atomic E-state index is -0.908. The molecule has 0 unspecified atom stereocenters. The number of halogens is 8. The predicted octanol–water partition coefficient (Wildman–Crippen LogP) is 13.5. The number of pyridine rings is 3. The van der Waals surface area contributed by atoms with Gasteiger partial charge in [-0.3, -0.25) is 38.4 Å². The lowest BCUT2D eigenvalue weighted by Gasteiger charge is -2.32. The maximum absolute atomic E-state index is 14.3. The Morgan fingerprint density at radius 2 is 0.861 bits per heavy atom. The third-order valence-corrected chi connectivity index (χ3v) is 17.2. The van der Waals surface area contributed by atoms with Crippen LogP contribution in [0.3, 0.4) is 0 Å². The van der Waals surface area contributed by atoms with E-state index in [1.165, 1.54) is 51.2 Å². The summed E-state index contributed by atoms with van der Waals surface area (Å²) in [5.41, 5.74) is 14.2. The van der Waals surface area contributed by atoms with Gasteiger partial charge in [0, 0.05) is 122 Å². The molecular formula is C77H73BBrClF6N6O16. The monoisotopic (exact) mass is 1580 g/mol. The summed E-state index contributed by atoms with van der Waals surface area (Å²) < 4.78 is 132. The Kier molecular flexibility index (Phi) is 27.4. The fraction of sp³-hybridized carbons (Fsp3) is 0.221. The van der Waals surface area contributed by atoms with Crippen LogP contribution in [-0.4, -0.2) is 80.3 Å². The van der Waals surface area contributed by atoms with Gasteiger partial charge in [-0.05, 0) is 158 Å². The molecule has 1 amide bonds.